The van der Waals surface area contributed by atoms with Crippen LogP contribution in [0.3, 0.4) is 0 Å². The Balaban J connectivity index is 2.19. The molecule has 0 amide bonds. The second-order valence-corrected chi connectivity index (χ2v) is 4.28. The Kier molecular flexibility index (Phi) is 3.94. The fourth-order valence-corrected chi connectivity index (χ4v) is 1.99. The highest BCUT2D eigenvalue weighted by atomic mass is 15.3. The van der Waals surface area contributed by atoms with Crippen LogP contribution in [0.5, 0.6) is 0 Å². The topological polar surface area (TPSA) is 68.8 Å². The van der Waals surface area contributed by atoms with Crippen molar-refractivity contribution in [3.63, 3.8) is 0 Å². The summed E-state index contributed by atoms with van der Waals surface area (Å²) in [6, 6.07) is 6.12. The molecule has 0 aromatic carbocycles. The van der Waals surface area contributed by atoms with E-state index in [1.807, 2.05) is 36.1 Å². The molecule has 2 rings (SSSR count). The monoisotopic (exact) mass is 245 g/mol. The average Bonchev–Trinajstić information content (AvgIpc) is 2.78. The molecule has 18 heavy (non-hydrogen) atoms. The Hall–Kier alpha value is -1.88. The lowest BCUT2D eigenvalue weighted by Gasteiger charge is -2.16. The van der Waals surface area contributed by atoms with E-state index in [-0.39, 0.29) is 6.04 Å². The van der Waals surface area contributed by atoms with Crippen molar-refractivity contribution in [3.8, 4) is 0 Å². The predicted molar refractivity (Wildman–Crippen MR) is 72.0 cm³/mol. The molecule has 0 aliphatic heterocycles. The number of aromatic nitrogens is 3. The number of hydrogen-bond acceptors (Lipinski definition) is 4. The molecule has 0 saturated heterocycles. The Morgan fingerprint density at radius 1 is 1.44 bits per heavy atom. The van der Waals surface area contributed by atoms with Crippen LogP contribution in [0, 0.1) is 0 Å². The Morgan fingerprint density at radius 2 is 2.28 bits per heavy atom. The summed E-state index contributed by atoms with van der Waals surface area (Å²) in [5, 5.41) is 7.88. The van der Waals surface area contributed by atoms with E-state index in [0.29, 0.717) is 5.82 Å². The third-order valence-corrected chi connectivity index (χ3v) is 2.89. The molecule has 5 heteroatoms. The SMILES string of the molecule is CCNC(Cc1cccnc1N)c1ccn(C)n1. The highest BCUT2D eigenvalue weighted by molar-refractivity contribution is 5.39. The fraction of sp³-hybridized carbons (Fsp3) is 0.385. The van der Waals surface area contributed by atoms with Crippen molar-refractivity contribution in [1.82, 2.24) is 20.1 Å². The van der Waals surface area contributed by atoms with Gasteiger partial charge in [-0.2, -0.15) is 5.10 Å². The maximum absolute atomic E-state index is 5.88. The molecule has 0 aliphatic carbocycles. The first-order valence-electron chi connectivity index (χ1n) is 6.13. The Morgan fingerprint density at radius 3 is 2.89 bits per heavy atom. The van der Waals surface area contributed by atoms with Crippen LogP contribution in [-0.2, 0) is 13.5 Å². The molecule has 2 aromatic rings. The summed E-state index contributed by atoms with van der Waals surface area (Å²) in [4.78, 5) is 4.12. The average molecular weight is 245 g/mol. The van der Waals surface area contributed by atoms with Crippen LogP contribution >= 0.6 is 0 Å². The van der Waals surface area contributed by atoms with Crippen molar-refractivity contribution in [2.24, 2.45) is 7.05 Å². The van der Waals surface area contributed by atoms with E-state index >= 15 is 0 Å². The Labute approximate surface area is 107 Å². The van der Waals surface area contributed by atoms with Gasteiger partial charge >= 0.3 is 0 Å². The van der Waals surface area contributed by atoms with E-state index in [1.54, 1.807) is 6.20 Å². The van der Waals surface area contributed by atoms with Crippen LogP contribution in [0.1, 0.15) is 24.2 Å². The number of likely N-dealkylation sites (N-methyl/N-ethyl adjacent to an activating group) is 1. The largest absolute Gasteiger partial charge is 0.383 e. The molecular formula is C13H19N5. The van der Waals surface area contributed by atoms with Gasteiger partial charge in [-0.15, -0.1) is 0 Å². The van der Waals surface area contributed by atoms with Gasteiger partial charge in [0.15, 0.2) is 0 Å². The molecule has 0 bridgehead atoms. The van der Waals surface area contributed by atoms with Crippen LogP contribution in [0.2, 0.25) is 0 Å². The molecule has 3 N–H and O–H groups in total. The number of anilines is 1. The minimum Gasteiger partial charge on any atom is -0.383 e. The van der Waals surface area contributed by atoms with Gasteiger partial charge in [-0.1, -0.05) is 13.0 Å². The molecule has 0 spiro atoms. The van der Waals surface area contributed by atoms with Crippen LogP contribution in [0.15, 0.2) is 30.6 Å². The number of nitrogens with zero attached hydrogens (tertiary/aromatic N) is 3. The molecule has 96 valence electrons. The van der Waals surface area contributed by atoms with Crippen molar-refractivity contribution in [2.45, 2.75) is 19.4 Å². The summed E-state index contributed by atoms with van der Waals surface area (Å²) in [7, 11) is 1.92. The van der Waals surface area contributed by atoms with E-state index in [0.717, 1.165) is 24.2 Å². The van der Waals surface area contributed by atoms with Crippen LogP contribution in [0.4, 0.5) is 5.82 Å². The van der Waals surface area contributed by atoms with Gasteiger partial charge in [0, 0.05) is 19.4 Å². The highest BCUT2D eigenvalue weighted by Gasteiger charge is 2.15. The molecular weight excluding hydrogens is 226 g/mol. The number of aryl methyl sites for hydroxylation is 1. The fourth-order valence-electron chi connectivity index (χ4n) is 1.99. The van der Waals surface area contributed by atoms with Gasteiger partial charge in [-0.3, -0.25) is 4.68 Å². The number of pyridine rings is 1. The summed E-state index contributed by atoms with van der Waals surface area (Å²) >= 11 is 0. The summed E-state index contributed by atoms with van der Waals surface area (Å²) in [6.45, 7) is 2.98. The summed E-state index contributed by atoms with van der Waals surface area (Å²) in [5.74, 6) is 0.594. The van der Waals surface area contributed by atoms with Gasteiger partial charge in [-0.05, 0) is 30.7 Å². The smallest absolute Gasteiger partial charge is 0.126 e. The number of hydrogen-bond donors (Lipinski definition) is 2. The van der Waals surface area contributed by atoms with E-state index < -0.39 is 0 Å². The zero-order chi connectivity index (χ0) is 13.0. The van der Waals surface area contributed by atoms with Crippen molar-refractivity contribution in [3.05, 3.63) is 41.9 Å². The molecule has 1 unspecified atom stereocenters. The van der Waals surface area contributed by atoms with Gasteiger partial charge in [0.1, 0.15) is 5.82 Å². The van der Waals surface area contributed by atoms with E-state index in [9.17, 15) is 0 Å². The summed E-state index contributed by atoms with van der Waals surface area (Å²) in [6.07, 6.45) is 4.46. The maximum atomic E-state index is 5.88. The minimum atomic E-state index is 0.169. The van der Waals surface area contributed by atoms with Crippen molar-refractivity contribution in [2.75, 3.05) is 12.3 Å². The minimum absolute atomic E-state index is 0.169. The van der Waals surface area contributed by atoms with E-state index in [2.05, 4.69) is 22.3 Å². The predicted octanol–water partition coefficient (Wildman–Crippen LogP) is 1.29. The van der Waals surface area contributed by atoms with Crippen LogP contribution < -0.4 is 11.1 Å². The normalized spacial score (nSPS) is 12.6. The Bertz CT molecular complexity index is 506. The van der Waals surface area contributed by atoms with Crippen LogP contribution in [-0.4, -0.2) is 21.3 Å². The van der Waals surface area contributed by atoms with Gasteiger partial charge in [0.2, 0.25) is 0 Å². The first kappa shape index (κ1) is 12.6. The van der Waals surface area contributed by atoms with Gasteiger partial charge in [-0.25, -0.2) is 4.98 Å². The van der Waals surface area contributed by atoms with E-state index in [4.69, 9.17) is 5.73 Å². The third kappa shape index (κ3) is 2.87. The van der Waals surface area contributed by atoms with Gasteiger partial charge in [0.05, 0.1) is 11.7 Å². The summed E-state index contributed by atoms with van der Waals surface area (Å²) in [5.41, 5.74) is 7.96. The van der Waals surface area contributed by atoms with Crippen LogP contribution in [0.25, 0.3) is 0 Å². The number of nitrogen functional groups attached to an aromatic ring is 1. The number of rotatable bonds is 5. The molecule has 0 radical (unpaired) electrons. The van der Waals surface area contributed by atoms with Crippen molar-refractivity contribution in [1.29, 1.82) is 0 Å². The molecule has 1 atom stereocenters. The highest BCUT2D eigenvalue weighted by Crippen LogP contribution is 2.19. The third-order valence-electron chi connectivity index (χ3n) is 2.89. The van der Waals surface area contributed by atoms with Gasteiger partial charge in [0.25, 0.3) is 0 Å². The zero-order valence-corrected chi connectivity index (χ0v) is 10.8. The molecule has 2 aromatic heterocycles. The quantitative estimate of drug-likeness (QED) is 0.833. The zero-order valence-electron chi connectivity index (χ0n) is 10.8. The standard InChI is InChI=1S/C13H19N5/c1-3-15-12(11-6-8-18(2)17-11)9-10-5-4-7-16-13(10)14/h4-8,12,15H,3,9H2,1-2H3,(H2,14,16). The first-order chi connectivity index (χ1) is 8.70. The second kappa shape index (κ2) is 5.64. The van der Waals surface area contributed by atoms with Crippen molar-refractivity contribution >= 4 is 5.82 Å². The molecule has 5 nitrogen and oxygen atoms in total. The van der Waals surface area contributed by atoms with E-state index in [1.165, 1.54) is 0 Å². The number of nitrogens with one attached hydrogen (secondary N) is 1. The van der Waals surface area contributed by atoms with Crippen molar-refractivity contribution < 1.29 is 0 Å². The molecule has 0 aliphatic rings. The maximum Gasteiger partial charge on any atom is 0.126 e. The lowest BCUT2D eigenvalue weighted by molar-refractivity contribution is 0.528. The molecule has 0 saturated carbocycles. The second-order valence-electron chi connectivity index (χ2n) is 4.28. The van der Waals surface area contributed by atoms with Gasteiger partial charge < -0.3 is 11.1 Å². The number of nitrogens with two attached hydrogens (primary N) is 1. The molecule has 2 heterocycles. The lowest BCUT2D eigenvalue weighted by atomic mass is 10.0. The summed E-state index contributed by atoms with van der Waals surface area (Å²) < 4.78 is 1.81. The molecule has 0 fully saturated rings. The lowest BCUT2D eigenvalue weighted by Crippen LogP contribution is -2.24. The first-order valence-corrected chi connectivity index (χ1v) is 6.13.